The third-order valence-corrected chi connectivity index (χ3v) is 3.38. The number of nitrogens with two attached hydrogens (primary N) is 1. The van der Waals surface area contributed by atoms with Crippen LogP contribution in [0, 0.1) is 17.1 Å². The van der Waals surface area contributed by atoms with Crippen LogP contribution in [0.2, 0.25) is 0 Å². The van der Waals surface area contributed by atoms with Gasteiger partial charge in [0.15, 0.2) is 0 Å². The van der Waals surface area contributed by atoms with Crippen molar-refractivity contribution in [3.63, 3.8) is 0 Å². The molecule has 1 heterocycles. The summed E-state index contributed by atoms with van der Waals surface area (Å²) in [7, 11) is 0. The molecule has 3 rings (SSSR count). The van der Waals surface area contributed by atoms with Crippen molar-refractivity contribution in [2.24, 2.45) is 0 Å². The topological polar surface area (TPSA) is 62.7 Å². The molecular formula is C18H12FN3. The van der Waals surface area contributed by atoms with Crippen molar-refractivity contribution in [1.29, 1.82) is 5.26 Å². The first kappa shape index (κ1) is 13.8. The number of pyridine rings is 1. The van der Waals surface area contributed by atoms with E-state index in [0.717, 1.165) is 16.7 Å². The van der Waals surface area contributed by atoms with Gasteiger partial charge in [0.1, 0.15) is 23.3 Å². The summed E-state index contributed by atoms with van der Waals surface area (Å²) >= 11 is 0. The number of nitrogens with zero attached hydrogens (tertiary/aromatic N) is 2. The van der Waals surface area contributed by atoms with Crippen molar-refractivity contribution in [2.45, 2.75) is 0 Å². The Morgan fingerprint density at radius 3 is 2.27 bits per heavy atom. The molecule has 0 unspecified atom stereocenters. The van der Waals surface area contributed by atoms with Crippen molar-refractivity contribution in [2.75, 3.05) is 5.73 Å². The summed E-state index contributed by atoms with van der Waals surface area (Å²) in [6, 6.07) is 19.4. The minimum absolute atomic E-state index is 0.170. The SMILES string of the molecule is N#Cc1c(-c2ccccc2)cc(-c2ccc(F)cc2)nc1N. The normalized spacial score (nSPS) is 10.2. The summed E-state index contributed by atoms with van der Waals surface area (Å²) in [4.78, 5) is 4.26. The molecule has 0 aliphatic heterocycles. The third-order valence-electron chi connectivity index (χ3n) is 3.38. The molecule has 4 heteroatoms. The predicted octanol–water partition coefficient (Wildman–Crippen LogP) is 4.01. The van der Waals surface area contributed by atoms with Crippen molar-refractivity contribution < 1.29 is 4.39 Å². The predicted molar refractivity (Wildman–Crippen MR) is 84.2 cm³/mol. The van der Waals surface area contributed by atoms with Gasteiger partial charge in [0.05, 0.1) is 5.69 Å². The fourth-order valence-electron chi connectivity index (χ4n) is 2.30. The van der Waals surface area contributed by atoms with Gasteiger partial charge < -0.3 is 5.73 Å². The zero-order valence-corrected chi connectivity index (χ0v) is 11.6. The lowest BCUT2D eigenvalue weighted by Crippen LogP contribution is -1.99. The van der Waals surface area contributed by atoms with Crippen molar-refractivity contribution in [3.8, 4) is 28.5 Å². The van der Waals surface area contributed by atoms with E-state index >= 15 is 0 Å². The van der Waals surface area contributed by atoms with Crippen LogP contribution in [-0.4, -0.2) is 4.98 Å². The molecule has 0 saturated heterocycles. The first-order chi connectivity index (χ1) is 10.7. The minimum Gasteiger partial charge on any atom is -0.383 e. The highest BCUT2D eigenvalue weighted by atomic mass is 19.1. The molecule has 1 aromatic heterocycles. The van der Waals surface area contributed by atoms with Gasteiger partial charge in [-0.3, -0.25) is 0 Å². The smallest absolute Gasteiger partial charge is 0.142 e. The van der Waals surface area contributed by atoms with Crippen LogP contribution in [0.5, 0.6) is 0 Å². The van der Waals surface area contributed by atoms with E-state index < -0.39 is 0 Å². The average molecular weight is 289 g/mol. The summed E-state index contributed by atoms with van der Waals surface area (Å²) in [5.41, 5.74) is 9.23. The van der Waals surface area contributed by atoms with E-state index in [1.54, 1.807) is 18.2 Å². The van der Waals surface area contributed by atoms with E-state index in [1.165, 1.54) is 12.1 Å². The molecule has 106 valence electrons. The van der Waals surface area contributed by atoms with E-state index in [9.17, 15) is 9.65 Å². The molecule has 0 aliphatic rings. The molecule has 0 amide bonds. The van der Waals surface area contributed by atoms with E-state index in [-0.39, 0.29) is 11.6 Å². The fourth-order valence-corrected chi connectivity index (χ4v) is 2.30. The molecule has 0 atom stereocenters. The summed E-state index contributed by atoms with van der Waals surface area (Å²) in [6.07, 6.45) is 0. The van der Waals surface area contributed by atoms with E-state index in [0.29, 0.717) is 11.3 Å². The highest BCUT2D eigenvalue weighted by Crippen LogP contribution is 2.30. The number of hydrogen-bond acceptors (Lipinski definition) is 3. The fraction of sp³-hybridized carbons (Fsp3) is 0. The Balaban J connectivity index is 2.21. The number of nitriles is 1. The summed E-state index contributed by atoms with van der Waals surface area (Å²) in [6.45, 7) is 0. The number of rotatable bonds is 2. The van der Waals surface area contributed by atoms with Crippen molar-refractivity contribution >= 4 is 5.82 Å². The molecule has 0 aliphatic carbocycles. The van der Waals surface area contributed by atoms with Gasteiger partial charge in [0.25, 0.3) is 0 Å². The number of nitrogen functional groups attached to an aromatic ring is 1. The molecule has 0 saturated carbocycles. The molecule has 0 radical (unpaired) electrons. The van der Waals surface area contributed by atoms with Crippen molar-refractivity contribution in [1.82, 2.24) is 4.98 Å². The maximum absolute atomic E-state index is 13.1. The average Bonchev–Trinajstić information content (AvgIpc) is 2.55. The second kappa shape index (κ2) is 5.66. The van der Waals surface area contributed by atoms with Crippen LogP contribution in [0.15, 0.2) is 60.7 Å². The molecule has 0 spiro atoms. The summed E-state index contributed by atoms with van der Waals surface area (Å²) < 4.78 is 13.1. The van der Waals surface area contributed by atoms with Crippen LogP contribution < -0.4 is 5.73 Å². The number of hydrogen-bond donors (Lipinski definition) is 1. The van der Waals surface area contributed by atoms with Crippen LogP contribution in [0.1, 0.15) is 5.56 Å². The van der Waals surface area contributed by atoms with Crippen LogP contribution in [0.4, 0.5) is 10.2 Å². The van der Waals surface area contributed by atoms with Gasteiger partial charge in [-0.05, 0) is 35.9 Å². The second-order valence-corrected chi connectivity index (χ2v) is 4.80. The molecule has 3 aromatic rings. The Labute approximate surface area is 127 Å². The number of benzene rings is 2. The lowest BCUT2D eigenvalue weighted by atomic mass is 9.98. The Morgan fingerprint density at radius 1 is 0.955 bits per heavy atom. The molecule has 0 fully saturated rings. The molecule has 2 N–H and O–H groups in total. The second-order valence-electron chi connectivity index (χ2n) is 4.80. The van der Waals surface area contributed by atoms with Gasteiger partial charge in [0.2, 0.25) is 0 Å². The van der Waals surface area contributed by atoms with Gasteiger partial charge in [-0.1, -0.05) is 30.3 Å². The monoisotopic (exact) mass is 289 g/mol. The van der Waals surface area contributed by atoms with Gasteiger partial charge in [-0.2, -0.15) is 5.26 Å². The Kier molecular flexibility index (Phi) is 3.55. The van der Waals surface area contributed by atoms with Crippen LogP contribution in [-0.2, 0) is 0 Å². The van der Waals surface area contributed by atoms with E-state index in [1.807, 2.05) is 30.3 Å². The van der Waals surface area contributed by atoms with Crippen LogP contribution in [0.25, 0.3) is 22.4 Å². The Morgan fingerprint density at radius 2 is 1.64 bits per heavy atom. The van der Waals surface area contributed by atoms with E-state index in [2.05, 4.69) is 11.1 Å². The zero-order valence-electron chi connectivity index (χ0n) is 11.6. The summed E-state index contributed by atoms with van der Waals surface area (Å²) in [5.74, 6) is -0.142. The first-order valence-electron chi connectivity index (χ1n) is 6.71. The number of aromatic nitrogens is 1. The lowest BCUT2D eigenvalue weighted by molar-refractivity contribution is 0.628. The third kappa shape index (κ3) is 2.52. The largest absolute Gasteiger partial charge is 0.383 e. The zero-order chi connectivity index (χ0) is 15.5. The Hall–Kier alpha value is -3.19. The van der Waals surface area contributed by atoms with Gasteiger partial charge >= 0.3 is 0 Å². The molecule has 0 bridgehead atoms. The highest BCUT2D eigenvalue weighted by molar-refractivity contribution is 5.80. The van der Waals surface area contributed by atoms with Crippen LogP contribution in [0.3, 0.4) is 0 Å². The highest BCUT2D eigenvalue weighted by Gasteiger charge is 2.13. The van der Waals surface area contributed by atoms with Gasteiger partial charge in [-0.25, -0.2) is 9.37 Å². The van der Waals surface area contributed by atoms with Gasteiger partial charge in [0, 0.05) is 11.1 Å². The lowest BCUT2D eigenvalue weighted by Gasteiger charge is -2.10. The standard InChI is InChI=1S/C18H12FN3/c19-14-8-6-13(7-9-14)17-10-15(12-4-2-1-3-5-12)16(11-20)18(21)22-17/h1-10H,(H2,21,22). The maximum atomic E-state index is 13.1. The van der Waals surface area contributed by atoms with Crippen LogP contribution >= 0.6 is 0 Å². The summed E-state index contributed by atoms with van der Waals surface area (Å²) in [5, 5.41) is 9.34. The van der Waals surface area contributed by atoms with Crippen molar-refractivity contribution in [3.05, 3.63) is 72.0 Å². The molecule has 2 aromatic carbocycles. The molecular weight excluding hydrogens is 277 g/mol. The Bertz CT molecular complexity index is 850. The molecule has 22 heavy (non-hydrogen) atoms. The van der Waals surface area contributed by atoms with Gasteiger partial charge in [-0.15, -0.1) is 0 Å². The maximum Gasteiger partial charge on any atom is 0.142 e. The molecule has 3 nitrogen and oxygen atoms in total. The minimum atomic E-state index is -0.311. The quantitative estimate of drug-likeness (QED) is 0.775. The van der Waals surface area contributed by atoms with E-state index in [4.69, 9.17) is 5.73 Å². The first-order valence-corrected chi connectivity index (χ1v) is 6.71. The number of anilines is 1. The number of halogens is 1.